The lowest BCUT2D eigenvalue weighted by atomic mass is 10.1. The summed E-state index contributed by atoms with van der Waals surface area (Å²) in [5.41, 5.74) is 1.22. The number of nitrogens with one attached hydrogen (secondary N) is 1. The SMILES string of the molecule is Cc1nccc(N2CCCC2c2ccnc(Nc3cnccn3)c2)n1. The lowest BCUT2D eigenvalue weighted by Crippen LogP contribution is -2.24. The first kappa shape index (κ1) is 15.4. The summed E-state index contributed by atoms with van der Waals surface area (Å²) in [6.07, 6.45) is 10.9. The molecule has 7 nitrogen and oxygen atoms in total. The van der Waals surface area contributed by atoms with Gasteiger partial charge in [-0.1, -0.05) is 0 Å². The molecule has 0 aliphatic carbocycles. The quantitative estimate of drug-likeness (QED) is 0.786. The summed E-state index contributed by atoms with van der Waals surface area (Å²) in [7, 11) is 0. The van der Waals surface area contributed by atoms with E-state index in [0.29, 0.717) is 11.9 Å². The summed E-state index contributed by atoms with van der Waals surface area (Å²) < 4.78 is 0. The molecule has 1 saturated heterocycles. The highest BCUT2D eigenvalue weighted by atomic mass is 15.2. The van der Waals surface area contributed by atoms with Gasteiger partial charge >= 0.3 is 0 Å². The van der Waals surface area contributed by atoms with Gasteiger partial charge in [0.25, 0.3) is 0 Å². The molecule has 1 N–H and O–H groups in total. The Hall–Kier alpha value is -3.09. The van der Waals surface area contributed by atoms with Gasteiger partial charge in [-0.15, -0.1) is 0 Å². The third-order valence-corrected chi connectivity index (χ3v) is 4.30. The van der Waals surface area contributed by atoms with Crippen molar-refractivity contribution in [3.8, 4) is 0 Å². The number of rotatable bonds is 4. The molecule has 1 atom stereocenters. The molecule has 0 saturated carbocycles. The van der Waals surface area contributed by atoms with Crippen LogP contribution >= 0.6 is 0 Å². The molecule has 1 unspecified atom stereocenters. The highest BCUT2D eigenvalue weighted by molar-refractivity contribution is 5.52. The summed E-state index contributed by atoms with van der Waals surface area (Å²) in [5, 5.41) is 3.20. The van der Waals surface area contributed by atoms with Crippen LogP contribution in [-0.4, -0.2) is 31.5 Å². The minimum Gasteiger partial charge on any atom is -0.349 e. The Kier molecular flexibility index (Phi) is 4.20. The molecular weight excluding hydrogens is 314 g/mol. The summed E-state index contributed by atoms with van der Waals surface area (Å²) in [5.74, 6) is 3.23. The molecule has 0 amide bonds. The van der Waals surface area contributed by atoms with Gasteiger partial charge in [0.1, 0.15) is 23.3 Å². The monoisotopic (exact) mass is 333 g/mol. The van der Waals surface area contributed by atoms with Gasteiger partial charge in [-0.05, 0) is 43.5 Å². The number of pyridine rings is 1. The van der Waals surface area contributed by atoms with Crippen LogP contribution in [0.25, 0.3) is 0 Å². The third-order valence-electron chi connectivity index (χ3n) is 4.30. The molecule has 4 heterocycles. The molecule has 0 aromatic carbocycles. The average molecular weight is 333 g/mol. The second-order valence-electron chi connectivity index (χ2n) is 6.00. The Labute approximate surface area is 146 Å². The van der Waals surface area contributed by atoms with Gasteiger partial charge in [-0.25, -0.2) is 19.9 Å². The van der Waals surface area contributed by atoms with E-state index < -0.39 is 0 Å². The van der Waals surface area contributed by atoms with E-state index in [1.165, 1.54) is 5.56 Å². The molecule has 126 valence electrons. The van der Waals surface area contributed by atoms with Crippen molar-refractivity contribution in [2.45, 2.75) is 25.8 Å². The molecule has 1 aliphatic heterocycles. The zero-order valence-corrected chi connectivity index (χ0v) is 14.0. The van der Waals surface area contributed by atoms with E-state index in [9.17, 15) is 0 Å². The van der Waals surface area contributed by atoms with E-state index in [1.54, 1.807) is 18.6 Å². The highest BCUT2D eigenvalue weighted by Crippen LogP contribution is 2.35. The van der Waals surface area contributed by atoms with Gasteiger partial charge in [-0.2, -0.15) is 0 Å². The Bertz CT molecular complexity index is 853. The number of aromatic nitrogens is 5. The van der Waals surface area contributed by atoms with Crippen molar-refractivity contribution >= 4 is 17.5 Å². The maximum Gasteiger partial charge on any atom is 0.150 e. The van der Waals surface area contributed by atoms with E-state index in [0.717, 1.165) is 36.8 Å². The van der Waals surface area contributed by atoms with Crippen molar-refractivity contribution < 1.29 is 0 Å². The van der Waals surface area contributed by atoms with E-state index in [4.69, 9.17) is 0 Å². The molecule has 3 aromatic heterocycles. The minimum absolute atomic E-state index is 0.291. The summed E-state index contributed by atoms with van der Waals surface area (Å²) in [6.45, 7) is 2.92. The van der Waals surface area contributed by atoms with Crippen molar-refractivity contribution in [3.05, 3.63) is 60.6 Å². The molecule has 4 rings (SSSR count). The Morgan fingerprint density at radius 3 is 2.76 bits per heavy atom. The third kappa shape index (κ3) is 3.40. The van der Waals surface area contributed by atoms with E-state index in [1.807, 2.05) is 25.4 Å². The number of aryl methyl sites for hydroxylation is 1. The molecule has 25 heavy (non-hydrogen) atoms. The molecule has 1 aliphatic rings. The number of nitrogens with zero attached hydrogens (tertiary/aromatic N) is 6. The Balaban J connectivity index is 1.59. The largest absolute Gasteiger partial charge is 0.349 e. The van der Waals surface area contributed by atoms with Gasteiger partial charge in [0.05, 0.1) is 12.2 Å². The fourth-order valence-corrected chi connectivity index (χ4v) is 3.21. The predicted octanol–water partition coefficient (Wildman–Crippen LogP) is 3.06. The van der Waals surface area contributed by atoms with Crippen molar-refractivity contribution in [2.75, 3.05) is 16.8 Å². The first-order chi connectivity index (χ1) is 12.3. The van der Waals surface area contributed by atoms with Crippen LogP contribution in [-0.2, 0) is 0 Å². The van der Waals surface area contributed by atoms with Gasteiger partial charge in [-0.3, -0.25) is 4.98 Å². The molecular formula is C18H19N7. The van der Waals surface area contributed by atoms with Crippen LogP contribution < -0.4 is 10.2 Å². The standard InChI is InChI=1S/C18H19N7/c1-13-20-7-5-18(23-13)25-10-2-3-15(25)14-4-6-21-16(11-14)24-17-12-19-8-9-22-17/h4-9,11-12,15H,2-3,10H2,1H3,(H,21,22,24). The maximum atomic E-state index is 4.59. The van der Waals surface area contributed by atoms with Crippen molar-refractivity contribution in [1.82, 2.24) is 24.9 Å². The first-order valence-corrected chi connectivity index (χ1v) is 8.35. The van der Waals surface area contributed by atoms with Crippen LogP contribution in [0.3, 0.4) is 0 Å². The summed E-state index contributed by atoms with van der Waals surface area (Å²) in [6, 6.07) is 6.41. The molecule has 7 heteroatoms. The first-order valence-electron chi connectivity index (χ1n) is 8.35. The van der Waals surface area contributed by atoms with Gasteiger partial charge < -0.3 is 10.2 Å². The van der Waals surface area contributed by atoms with Crippen molar-refractivity contribution in [2.24, 2.45) is 0 Å². The number of anilines is 3. The van der Waals surface area contributed by atoms with Crippen LogP contribution in [0.15, 0.2) is 49.2 Å². The average Bonchev–Trinajstić information content (AvgIpc) is 3.13. The fourth-order valence-electron chi connectivity index (χ4n) is 3.21. The normalized spacial score (nSPS) is 16.8. The molecule has 0 radical (unpaired) electrons. The maximum absolute atomic E-state index is 4.59. The Morgan fingerprint density at radius 1 is 1.04 bits per heavy atom. The number of hydrogen-bond acceptors (Lipinski definition) is 7. The van der Waals surface area contributed by atoms with Crippen LogP contribution in [0.2, 0.25) is 0 Å². The van der Waals surface area contributed by atoms with Gasteiger partial charge in [0, 0.05) is 31.3 Å². The smallest absolute Gasteiger partial charge is 0.150 e. The van der Waals surface area contributed by atoms with E-state index >= 15 is 0 Å². The topological polar surface area (TPSA) is 79.7 Å². The fraction of sp³-hybridized carbons (Fsp3) is 0.278. The van der Waals surface area contributed by atoms with Crippen LogP contribution in [0, 0.1) is 6.92 Å². The molecule has 0 spiro atoms. The number of hydrogen-bond donors (Lipinski definition) is 1. The lowest BCUT2D eigenvalue weighted by molar-refractivity contribution is 0.708. The van der Waals surface area contributed by atoms with Crippen LogP contribution in [0.4, 0.5) is 17.5 Å². The molecule has 0 bridgehead atoms. The van der Waals surface area contributed by atoms with Crippen molar-refractivity contribution in [3.63, 3.8) is 0 Å². The van der Waals surface area contributed by atoms with Crippen molar-refractivity contribution in [1.29, 1.82) is 0 Å². The molecule has 1 fully saturated rings. The van der Waals surface area contributed by atoms with Crippen LogP contribution in [0.1, 0.15) is 30.3 Å². The lowest BCUT2D eigenvalue weighted by Gasteiger charge is -2.26. The zero-order valence-electron chi connectivity index (χ0n) is 14.0. The Morgan fingerprint density at radius 2 is 1.92 bits per heavy atom. The summed E-state index contributed by atoms with van der Waals surface area (Å²) >= 11 is 0. The van der Waals surface area contributed by atoms with Gasteiger partial charge in [0.15, 0.2) is 0 Å². The second-order valence-corrected chi connectivity index (χ2v) is 6.00. The summed E-state index contributed by atoms with van der Waals surface area (Å²) in [4.78, 5) is 23.8. The zero-order chi connectivity index (χ0) is 17.1. The van der Waals surface area contributed by atoms with E-state index in [-0.39, 0.29) is 0 Å². The highest BCUT2D eigenvalue weighted by Gasteiger charge is 2.27. The second kappa shape index (κ2) is 6.80. The minimum atomic E-state index is 0.291. The predicted molar refractivity (Wildman–Crippen MR) is 95.6 cm³/mol. The van der Waals surface area contributed by atoms with Gasteiger partial charge in [0.2, 0.25) is 0 Å². The molecule has 3 aromatic rings. The van der Waals surface area contributed by atoms with E-state index in [2.05, 4.69) is 47.3 Å². The van der Waals surface area contributed by atoms with Crippen LogP contribution in [0.5, 0.6) is 0 Å².